The number of hydrogen-bond acceptors (Lipinski definition) is 3. The van der Waals surface area contributed by atoms with Crippen LogP contribution in [0.4, 0.5) is 4.39 Å². The van der Waals surface area contributed by atoms with E-state index in [0.717, 1.165) is 53.6 Å². The summed E-state index contributed by atoms with van der Waals surface area (Å²) in [6.45, 7) is 4.62. The molecule has 1 atom stereocenters. The maximum absolute atomic E-state index is 13.5. The predicted octanol–water partition coefficient (Wildman–Crippen LogP) is 3.36. The van der Waals surface area contributed by atoms with Crippen LogP contribution < -0.4 is 5.59 Å². The summed E-state index contributed by atoms with van der Waals surface area (Å²) in [6.07, 6.45) is 1.82. The summed E-state index contributed by atoms with van der Waals surface area (Å²) in [5, 5.41) is 9.15. The highest BCUT2D eigenvalue weighted by Crippen LogP contribution is 2.38. The Morgan fingerprint density at radius 3 is 2.66 bits per heavy atom. The number of likely N-dealkylation sites (tertiary alicyclic amines) is 1. The number of aromatic nitrogens is 2. The lowest BCUT2D eigenvalue weighted by Gasteiger charge is -2.41. The van der Waals surface area contributed by atoms with Crippen molar-refractivity contribution in [2.24, 2.45) is 0 Å². The normalized spacial score (nSPS) is 18.2. The minimum atomic E-state index is -0.206. The molecule has 1 aliphatic heterocycles. The van der Waals surface area contributed by atoms with E-state index in [2.05, 4.69) is 29.1 Å². The molecule has 1 aliphatic rings. The number of nitrogens with zero attached hydrogens (tertiary/aromatic N) is 2. The van der Waals surface area contributed by atoms with Gasteiger partial charge in [0.15, 0.2) is 7.85 Å². The number of benzene rings is 2. The Labute approximate surface area is 176 Å². The van der Waals surface area contributed by atoms with E-state index in [1.165, 1.54) is 0 Å². The number of rotatable bonds is 5. The van der Waals surface area contributed by atoms with Gasteiger partial charge in [-0.1, -0.05) is 23.7 Å². The average Bonchev–Trinajstić information content (AvgIpc) is 3.08. The fourth-order valence-electron chi connectivity index (χ4n) is 4.30. The molecule has 1 saturated heterocycles. The molecule has 152 valence electrons. The molecule has 1 aromatic heterocycles. The first-order valence-corrected chi connectivity index (χ1v) is 10.5. The van der Waals surface area contributed by atoms with Gasteiger partial charge in [-0.2, -0.15) is 5.10 Å². The third kappa shape index (κ3) is 4.07. The van der Waals surface area contributed by atoms with Crippen LogP contribution in [0.25, 0.3) is 10.9 Å². The van der Waals surface area contributed by atoms with Crippen molar-refractivity contribution in [1.82, 2.24) is 15.1 Å². The van der Waals surface area contributed by atoms with Gasteiger partial charge in [-0.05, 0) is 69.7 Å². The summed E-state index contributed by atoms with van der Waals surface area (Å²) in [6, 6.07) is 10.8. The largest absolute Gasteiger partial charge is 0.373 e. The van der Waals surface area contributed by atoms with Crippen molar-refractivity contribution >= 4 is 35.9 Å². The van der Waals surface area contributed by atoms with E-state index in [0.29, 0.717) is 11.6 Å². The third-order valence-corrected chi connectivity index (χ3v) is 6.53. The van der Waals surface area contributed by atoms with Crippen molar-refractivity contribution in [3.63, 3.8) is 0 Å². The highest BCUT2D eigenvalue weighted by Gasteiger charge is 2.36. The molecular formula is C22H26BClFN3O. The third-order valence-electron chi connectivity index (χ3n) is 6.31. The van der Waals surface area contributed by atoms with Gasteiger partial charge in [0.25, 0.3) is 0 Å². The molecule has 3 aromatic rings. The molecule has 0 bridgehead atoms. The van der Waals surface area contributed by atoms with Gasteiger partial charge in [0, 0.05) is 27.0 Å². The lowest BCUT2D eigenvalue weighted by molar-refractivity contribution is 0.00696. The maximum atomic E-state index is 13.5. The van der Waals surface area contributed by atoms with Crippen molar-refractivity contribution in [3.05, 3.63) is 58.4 Å². The zero-order valence-electron chi connectivity index (χ0n) is 17.1. The molecule has 0 aliphatic carbocycles. The van der Waals surface area contributed by atoms with E-state index in [-0.39, 0.29) is 17.3 Å². The van der Waals surface area contributed by atoms with Gasteiger partial charge in [0.1, 0.15) is 5.82 Å². The Morgan fingerprint density at radius 2 is 1.97 bits per heavy atom. The van der Waals surface area contributed by atoms with Crippen LogP contribution in [0, 0.1) is 5.82 Å². The van der Waals surface area contributed by atoms with E-state index < -0.39 is 0 Å². The van der Waals surface area contributed by atoms with E-state index in [4.69, 9.17) is 16.3 Å². The van der Waals surface area contributed by atoms with Crippen LogP contribution in [0.15, 0.2) is 36.4 Å². The Hall–Kier alpha value is -1.89. The van der Waals surface area contributed by atoms with Gasteiger partial charge in [-0.15, -0.1) is 0 Å². The topological polar surface area (TPSA) is 41.1 Å². The van der Waals surface area contributed by atoms with Crippen LogP contribution in [0.1, 0.15) is 37.0 Å². The fourth-order valence-corrected chi connectivity index (χ4v) is 4.53. The Morgan fingerprint density at radius 1 is 1.28 bits per heavy atom. The molecule has 0 amide bonds. The number of piperidine rings is 1. The number of hydrogen-bond donors (Lipinski definition) is 1. The SMILES string of the molecule is Bc1n[nH]c2c(C(C)OCC3(c4ccc(F)cc4)CCN(C)CC3)cc(Cl)cc12. The molecule has 0 spiro atoms. The standard InChI is InChI=1S/C22H26BClFN3O/c1-14(18-11-16(24)12-19-20(18)26-27-21(19)23)29-13-22(7-9-28(2)10-8-22)15-3-5-17(25)6-4-15/h3-6,11-12,14H,7-10,13,23H2,1-2H3,(H,26,27). The Bertz CT molecular complexity index is 999. The lowest BCUT2D eigenvalue weighted by atomic mass is 9.73. The molecule has 2 heterocycles. The smallest absolute Gasteiger partial charge is 0.167 e. The molecule has 1 N–H and O–H groups in total. The quantitative estimate of drug-likeness (QED) is 0.652. The summed E-state index contributed by atoms with van der Waals surface area (Å²) >= 11 is 6.36. The highest BCUT2D eigenvalue weighted by atomic mass is 35.5. The monoisotopic (exact) mass is 413 g/mol. The van der Waals surface area contributed by atoms with Crippen molar-refractivity contribution in [2.45, 2.75) is 31.3 Å². The summed E-state index contributed by atoms with van der Waals surface area (Å²) in [5.41, 5.74) is 3.94. The molecule has 4 rings (SSSR count). The van der Waals surface area contributed by atoms with E-state index >= 15 is 0 Å². The van der Waals surface area contributed by atoms with Gasteiger partial charge >= 0.3 is 0 Å². The first-order chi connectivity index (χ1) is 13.9. The van der Waals surface area contributed by atoms with Gasteiger partial charge < -0.3 is 9.64 Å². The number of ether oxygens (including phenoxy) is 1. The van der Waals surface area contributed by atoms with Crippen LogP contribution in [0.2, 0.25) is 5.02 Å². The summed E-state index contributed by atoms with van der Waals surface area (Å²) < 4.78 is 19.9. The van der Waals surface area contributed by atoms with Gasteiger partial charge in [0.2, 0.25) is 0 Å². The number of H-pyrrole nitrogens is 1. The minimum absolute atomic E-state index is 0.115. The van der Waals surface area contributed by atoms with Gasteiger partial charge in [-0.3, -0.25) is 5.10 Å². The first-order valence-electron chi connectivity index (χ1n) is 10.1. The first kappa shape index (κ1) is 20.4. The highest BCUT2D eigenvalue weighted by molar-refractivity contribution is 6.38. The minimum Gasteiger partial charge on any atom is -0.373 e. The molecule has 0 radical (unpaired) electrons. The number of halogens is 2. The van der Waals surface area contributed by atoms with Crippen molar-refractivity contribution in [1.29, 1.82) is 0 Å². The molecule has 1 unspecified atom stereocenters. The lowest BCUT2D eigenvalue weighted by Crippen LogP contribution is -2.44. The van der Waals surface area contributed by atoms with Crippen molar-refractivity contribution in [3.8, 4) is 0 Å². The van der Waals surface area contributed by atoms with Gasteiger partial charge in [-0.25, -0.2) is 4.39 Å². The molecule has 4 nitrogen and oxygen atoms in total. The van der Waals surface area contributed by atoms with Crippen LogP contribution >= 0.6 is 11.6 Å². The van der Waals surface area contributed by atoms with Crippen LogP contribution in [-0.4, -0.2) is 49.7 Å². The molecule has 29 heavy (non-hydrogen) atoms. The molecule has 7 heteroatoms. The van der Waals surface area contributed by atoms with E-state index in [1.807, 2.05) is 32.1 Å². The van der Waals surface area contributed by atoms with Gasteiger partial charge in [0.05, 0.1) is 18.2 Å². The predicted molar refractivity (Wildman–Crippen MR) is 118 cm³/mol. The number of aromatic amines is 1. The van der Waals surface area contributed by atoms with E-state index in [9.17, 15) is 4.39 Å². The second-order valence-electron chi connectivity index (χ2n) is 8.27. The maximum Gasteiger partial charge on any atom is 0.167 e. The average molecular weight is 414 g/mol. The molecule has 2 aromatic carbocycles. The molecular weight excluding hydrogens is 388 g/mol. The Balaban J connectivity index is 1.60. The van der Waals surface area contributed by atoms with Crippen LogP contribution in [0.5, 0.6) is 0 Å². The van der Waals surface area contributed by atoms with Crippen molar-refractivity contribution < 1.29 is 9.13 Å². The summed E-state index contributed by atoms with van der Waals surface area (Å²) in [7, 11) is 4.11. The summed E-state index contributed by atoms with van der Waals surface area (Å²) in [5.74, 6) is -0.206. The fraction of sp³-hybridized carbons (Fsp3) is 0.409. The Kier molecular flexibility index (Phi) is 5.69. The zero-order valence-corrected chi connectivity index (χ0v) is 17.9. The second-order valence-corrected chi connectivity index (χ2v) is 8.71. The number of nitrogens with one attached hydrogen (secondary N) is 1. The molecule has 1 fully saturated rings. The van der Waals surface area contributed by atoms with Crippen molar-refractivity contribution in [2.75, 3.05) is 26.7 Å². The summed E-state index contributed by atoms with van der Waals surface area (Å²) in [4.78, 5) is 2.33. The van der Waals surface area contributed by atoms with E-state index in [1.54, 1.807) is 12.1 Å². The molecule has 0 saturated carbocycles. The second kappa shape index (κ2) is 8.09. The van der Waals surface area contributed by atoms with Crippen LogP contribution in [0.3, 0.4) is 0 Å². The number of fused-ring (bicyclic) bond motifs is 1. The zero-order chi connectivity index (χ0) is 20.6. The van der Waals surface area contributed by atoms with Crippen LogP contribution in [-0.2, 0) is 10.2 Å².